The van der Waals surface area contributed by atoms with E-state index in [1.165, 1.54) is 27.6 Å². The second kappa shape index (κ2) is 7.99. The zero-order chi connectivity index (χ0) is 22.2. The molecular formula is C31H23NO. The number of rotatable bonds is 4. The van der Waals surface area contributed by atoms with Gasteiger partial charge >= 0.3 is 0 Å². The lowest BCUT2D eigenvalue weighted by Crippen LogP contribution is -1.89. The molecule has 0 aliphatic rings. The Labute approximate surface area is 193 Å². The van der Waals surface area contributed by atoms with E-state index >= 15 is 0 Å². The van der Waals surface area contributed by atoms with Crippen molar-refractivity contribution < 1.29 is 4.74 Å². The topological polar surface area (TPSA) is 25.0 Å². The monoisotopic (exact) mass is 425 g/mol. The standard InChI is InChI=1S/C31H23NO/c1-21-12-18-29-30(27-20-25(15-19-28(27)32-29)23-10-6-3-7-11-23)31(21)33-26-16-13-24(14-17-26)22-8-4-2-5-9-22/h2-20,32H,1H3. The number of nitrogens with one attached hydrogen (secondary N) is 1. The lowest BCUT2D eigenvalue weighted by Gasteiger charge is -2.12. The number of aromatic nitrogens is 1. The zero-order valence-electron chi connectivity index (χ0n) is 18.4. The quantitative estimate of drug-likeness (QED) is 0.300. The molecule has 0 unspecified atom stereocenters. The number of aryl methyl sites for hydroxylation is 1. The van der Waals surface area contributed by atoms with Gasteiger partial charge in [-0.15, -0.1) is 0 Å². The molecule has 1 aromatic heterocycles. The highest BCUT2D eigenvalue weighted by Gasteiger charge is 2.14. The molecule has 0 aliphatic heterocycles. The van der Waals surface area contributed by atoms with Crippen LogP contribution in [-0.4, -0.2) is 4.98 Å². The van der Waals surface area contributed by atoms with Crippen LogP contribution in [0.1, 0.15) is 5.56 Å². The molecular weight excluding hydrogens is 402 g/mol. The van der Waals surface area contributed by atoms with Gasteiger partial charge in [-0.1, -0.05) is 84.9 Å². The maximum atomic E-state index is 6.51. The smallest absolute Gasteiger partial charge is 0.140 e. The Bertz CT molecular complexity index is 1560. The van der Waals surface area contributed by atoms with Crippen LogP contribution in [-0.2, 0) is 0 Å². The first-order valence-corrected chi connectivity index (χ1v) is 11.2. The van der Waals surface area contributed by atoms with Gasteiger partial charge < -0.3 is 9.72 Å². The van der Waals surface area contributed by atoms with Crippen LogP contribution in [0, 0.1) is 6.92 Å². The summed E-state index contributed by atoms with van der Waals surface area (Å²) < 4.78 is 6.51. The molecule has 158 valence electrons. The van der Waals surface area contributed by atoms with Crippen molar-refractivity contribution in [1.82, 2.24) is 4.98 Å². The number of benzene rings is 5. The molecule has 2 nitrogen and oxygen atoms in total. The fraction of sp³-hybridized carbons (Fsp3) is 0.0323. The molecule has 33 heavy (non-hydrogen) atoms. The van der Waals surface area contributed by atoms with E-state index in [1.54, 1.807) is 0 Å². The first-order valence-electron chi connectivity index (χ1n) is 11.2. The van der Waals surface area contributed by atoms with Crippen molar-refractivity contribution in [3.05, 3.63) is 121 Å². The van der Waals surface area contributed by atoms with Crippen molar-refractivity contribution in [3.8, 4) is 33.8 Å². The summed E-state index contributed by atoms with van der Waals surface area (Å²) in [5, 5.41) is 2.29. The summed E-state index contributed by atoms with van der Waals surface area (Å²) >= 11 is 0. The molecule has 0 atom stereocenters. The molecule has 0 aliphatic carbocycles. The van der Waals surface area contributed by atoms with Gasteiger partial charge in [-0.05, 0) is 65.1 Å². The summed E-state index contributed by atoms with van der Waals surface area (Å²) in [5.41, 5.74) is 8.09. The third-order valence-corrected chi connectivity index (χ3v) is 6.20. The van der Waals surface area contributed by atoms with E-state index in [0.717, 1.165) is 33.5 Å². The maximum Gasteiger partial charge on any atom is 0.140 e. The van der Waals surface area contributed by atoms with Crippen LogP contribution in [0.2, 0.25) is 0 Å². The van der Waals surface area contributed by atoms with Crippen LogP contribution in [0.4, 0.5) is 0 Å². The number of ether oxygens (including phenoxy) is 1. The molecule has 0 amide bonds. The zero-order valence-corrected chi connectivity index (χ0v) is 18.4. The summed E-state index contributed by atoms with van der Waals surface area (Å²) in [7, 11) is 0. The highest BCUT2D eigenvalue weighted by Crippen LogP contribution is 2.39. The predicted molar refractivity (Wildman–Crippen MR) is 138 cm³/mol. The van der Waals surface area contributed by atoms with Gasteiger partial charge in [0.1, 0.15) is 11.5 Å². The number of aromatic amines is 1. The molecule has 1 heterocycles. The molecule has 0 bridgehead atoms. The van der Waals surface area contributed by atoms with E-state index < -0.39 is 0 Å². The normalized spacial score (nSPS) is 11.2. The molecule has 6 aromatic rings. The third kappa shape index (κ3) is 3.56. The van der Waals surface area contributed by atoms with Gasteiger partial charge in [0, 0.05) is 10.9 Å². The number of hydrogen-bond donors (Lipinski definition) is 1. The van der Waals surface area contributed by atoms with E-state index in [9.17, 15) is 0 Å². The Morgan fingerprint density at radius 2 is 1.12 bits per heavy atom. The molecule has 0 radical (unpaired) electrons. The average molecular weight is 426 g/mol. The van der Waals surface area contributed by atoms with Crippen molar-refractivity contribution in [2.24, 2.45) is 0 Å². The summed E-state index contributed by atoms with van der Waals surface area (Å²) in [6, 6.07) is 40.1. The molecule has 5 aromatic carbocycles. The Morgan fingerprint density at radius 3 is 1.82 bits per heavy atom. The first-order chi connectivity index (χ1) is 16.3. The van der Waals surface area contributed by atoms with Gasteiger partial charge in [0.05, 0.1) is 10.9 Å². The molecule has 0 fully saturated rings. The lowest BCUT2D eigenvalue weighted by molar-refractivity contribution is 0.485. The van der Waals surface area contributed by atoms with E-state index in [2.05, 4.69) is 103 Å². The maximum absolute atomic E-state index is 6.51. The van der Waals surface area contributed by atoms with Crippen molar-refractivity contribution in [2.75, 3.05) is 0 Å². The van der Waals surface area contributed by atoms with Gasteiger partial charge in [-0.2, -0.15) is 0 Å². The van der Waals surface area contributed by atoms with E-state index in [0.29, 0.717) is 0 Å². The molecule has 1 N–H and O–H groups in total. The van der Waals surface area contributed by atoms with Crippen molar-refractivity contribution in [1.29, 1.82) is 0 Å². The first kappa shape index (κ1) is 19.4. The van der Waals surface area contributed by atoms with E-state index in [4.69, 9.17) is 4.74 Å². The van der Waals surface area contributed by atoms with E-state index in [-0.39, 0.29) is 0 Å². The Hall–Kier alpha value is -4.30. The largest absolute Gasteiger partial charge is 0.456 e. The number of H-pyrrole nitrogens is 1. The van der Waals surface area contributed by atoms with Crippen LogP contribution >= 0.6 is 0 Å². The van der Waals surface area contributed by atoms with Crippen molar-refractivity contribution in [2.45, 2.75) is 6.92 Å². The Balaban J connectivity index is 1.44. The Kier molecular flexibility index (Phi) is 4.70. The summed E-state index contributed by atoms with van der Waals surface area (Å²) in [6.07, 6.45) is 0. The minimum atomic E-state index is 0.832. The number of fused-ring (bicyclic) bond motifs is 3. The average Bonchev–Trinajstić information content (AvgIpc) is 3.25. The highest BCUT2D eigenvalue weighted by molar-refractivity contribution is 6.12. The van der Waals surface area contributed by atoms with Gasteiger partial charge in [0.15, 0.2) is 0 Å². The molecule has 0 saturated heterocycles. The highest BCUT2D eigenvalue weighted by atomic mass is 16.5. The third-order valence-electron chi connectivity index (χ3n) is 6.20. The second-order valence-corrected chi connectivity index (χ2v) is 8.38. The van der Waals surface area contributed by atoms with Gasteiger partial charge in [-0.25, -0.2) is 0 Å². The van der Waals surface area contributed by atoms with Gasteiger partial charge in [0.2, 0.25) is 0 Å². The number of hydrogen-bond acceptors (Lipinski definition) is 1. The van der Waals surface area contributed by atoms with Gasteiger partial charge in [-0.3, -0.25) is 0 Å². The van der Waals surface area contributed by atoms with Crippen LogP contribution in [0.3, 0.4) is 0 Å². The molecule has 6 rings (SSSR count). The second-order valence-electron chi connectivity index (χ2n) is 8.38. The fourth-order valence-corrected chi connectivity index (χ4v) is 4.47. The predicted octanol–water partition coefficient (Wildman–Crippen LogP) is 8.76. The van der Waals surface area contributed by atoms with Crippen LogP contribution in [0.15, 0.2) is 115 Å². The minimum Gasteiger partial charge on any atom is -0.456 e. The van der Waals surface area contributed by atoms with Crippen LogP contribution < -0.4 is 4.74 Å². The molecule has 0 saturated carbocycles. The van der Waals surface area contributed by atoms with Crippen molar-refractivity contribution >= 4 is 21.8 Å². The fourth-order valence-electron chi connectivity index (χ4n) is 4.47. The van der Waals surface area contributed by atoms with Crippen molar-refractivity contribution in [3.63, 3.8) is 0 Å². The Morgan fingerprint density at radius 1 is 0.545 bits per heavy atom. The van der Waals surface area contributed by atoms with Crippen LogP contribution in [0.5, 0.6) is 11.5 Å². The van der Waals surface area contributed by atoms with E-state index in [1.807, 2.05) is 24.3 Å². The minimum absolute atomic E-state index is 0.832. The summed E-state index contributed by atoms with van der Waals surface area (Å²) in [5.74, 6) is 1.73. The summed E-state index contributed by atoms with van der Waals surface area (Å²) in [6.45, 7) is 2.10. The SMILES string of the molecule is Cc1ccc2[nH]c3ccc(-c4ccccc4)cc3c2c1Oc1ccc(-c2ccccc2)cc1. The molecule has 2 heteroatoms. The lowest BCUT2D eigenvalue weighted by atomic mass is 10.0. The van der Waals surface area contributed by atoms with Gasteiger partial charge in [0.25, 0.3) is 0 Å². The van der Waals surface area contributed by atoms with Crippen LogP contribution in [0.25, 0.3) is 44.1 Å². The summed E-state index contributed by atoms with van der Waals surface area (Å²) in [4.78, 5) is 3.56. The molecule has 0 spiro atoms.